The average Bonchev–Trinajstić information content (AvgIpc) is 2.03. The Hall–Kier alpha value is -0.760. The monoisotopic (exact) mass is 166 g/mol. The van der Waals surface area contributed by atoms with Crippen molar-refractivity contribution in [2.24, 2.45) is 11.5 Å². The zero-order valence-corrected chi connectivity index (χ0v) is 7.93. The Labute approximate surface area is 74.3 Å². The molecule has 4 N–H and O–H groups in total. The molecule has 0 radical (unpaired) electrons. The lowest BCUT2D eigenvalue weighted by molar-refractivity contribution is 0.749. The Bertz CT molecular complexity index is 224. The molecule has 0 aliphatic heterocycles. The van der Waals surface area contributed by atoms with E-state index < -0.39 is 0 Å². The van der Waals surface area contributed by atoms with Crippen LogP contribution in [0.25, 0.3) is 0 Å². The smallest absolute Gasteiger partial charge is 0.0416 e. The Morgan fingerprint density at radius 2 is 2.17 bits per heavy atom. The lowest BCUT2D eigenvalue weighted by Crippen LogP contribution is -2.25. The Balaban J connectivity index is 2.86. The molecule has 0 spiro atoms. The molecule has 1 rings (SSSR count). The lowest BCUT2D eigenvalue weighted by atomic mass is 9.93. The van der Waals surface area contributed by atoms with Crippen molar-refractivity contribution >= 4 is 0 Å². The van der Waals surface area contributed by atoms with Crippen LogP contribution in [-0.4, -0.2) is 6.04 Å². The fourth-order valence-electron chi connectivity index (χ4n) is 1.52. The summed E-state index contributed by atoms with van der Waals surface area (Å²) >= 11 is 0. The van der Waals surface area contributed by atoms with Gasteiger partial charge in [-0.05, 0) is 38.7 Å². The van der Waals surface area contributed by atoms with E-state index in [1.165, 1.54) is 24.0 Å². The molecule has 0 saturated heterocycles. The van der Waals surface area contributed by atoms with Crippen molar-refractivity contribution in [1.29, 1.82) is 0 Å². The Morgan fingerprint density at radius 1 is 1.50 bits per heavy atom. The molecule has 0 saturated carbocycles. The number of allylic oxidation sites excluding steroid dienone is 3. The van der Waals surface area contributed by atoms with E-state index in [1.807, 2.05) is 6.92 Å². The quantitative estimate of drug-likeness (QED) is 0.622. The van der Waals surface area contributed by atoms with Gasteiger partial charge in [-0.2, -0.15) is 0 Å². The van der Waals surface area contributed by atoms with E-state index in [1.54, 1.807) is 0 Å². The van der Waals surface area contributed by atoms with E-state index in [0.29, 0.717) is 0 Å². The molecule has 1 atom stereocenters. The maximum absolute atomic E-state index is 5.86. The maximum Gasteiger partial charge on any atom is 0.0416 e. The zero-order chi connectivity index (χ0) is 9.14. The fourth-order valence-corrected chi connectivity index (χ4v) is 1.52. The van der Waals surface area contributed by atoms with Gasteiger partial charge >= 0.3 is 0 Å². The SMILES string of the molecule is CC1=CC(=C(N)C(C)N)CCC1. The van der Waals surface area contributed by atoms with Crippen LogP contribution in [0.3, 0.4) is 0 Å². The molecular formula is C10H18N2. The predicted octanol–water partition coefficient (Wildman–Crippen LogP) is 1.68. The molecule has 2 nitrogen and oxygen atoms in total. The topological polar surface area (TPSA) is 52.0 Å². The standard InChI is InChI=1S/C10H18N2/c1-7-4-3-5-9(6-7)10(12)8(2)11/h6,8H,3-5,11-12H2,1-2H3. The van der Waals surface area contributed by atoms with Crippen LogP contribution in [0.1, 0.15) is 33.1 Å². The molecule has 0 amide bonds. The Morgan fingerprint density at radius 3 is 2.67 bits per heavy atom. The second-order valence-corrected chi connectivity index (χ2v) is 3.61. The minimum Gasteiger partial charge on any atom is -0.401 e. The summed E-state index contributed by atoms with van der Waals surface area (Å²) in [4.78, 5) is 0. The van der Waals surface area contributed by atoms with Crippen LogP contribution in [0.15, 0.2) is 22.9 Å². The van der Waals surface area contributed by atoms with Gasteiger partial charge in [0.25, 0.3) is 0 Å². The molecule has 68 valence electrons. The maximum atomic E-state index is 5.86. The number of nitrogens with two attached hydrogens (primary N) is 2. The number of hydrogen-bond acceptors (Lipinski definition) is 2. The second kappa shape index (κ2) is 3.76. The van der Waals surface area contributed by atoms with Gasteiger partial charge in [0.2, 0.25) is 0 Å². The van der Waals surface area contributed by atoms with Crippen LogP contribution >= 0.6 is 0 Å². The van der Waals surface area contributed by atoms with E-state index >= 15 is 0 Å². The lowest BCUT2D eigenvalue weighted by Gasteiger charge is -2.16. The van der Waals surface area contributed by atoms with E-state index in [9.17, 15) is 0 Å². The minimum absolute atomic E-state index is 0.0119. The highest BCUT2D eigenvalue weighted by molar-refractivity contribution is 5.31. The van der Waals surface area contributed by atoms with Crippen molar-refractivity contribution in [3.8, 4) is 0 Å². The molecular weight excluding hydrogens is 148 g/mol. The molecule has 0 aromatic heterocycles. The van der Waals surface area contributed by atoms with Gasteiger partial charge in [0.1, 0.15) is 0 Å². The van der Waals surface area contributed by atoms with Crippen molar-refractivity contribution in [2.45, 2.75) is 39.2 Å². The first-order chi connectivity index (χ1) is 5.61. The van der Waals surface area contributed by atoms with Crippen LogP contribution in [0.4, 0.5) is 0 Å². The number of hydrogen-bond donors (Lipinski definition) is 2. The van der Waals surface area contributed by atoms with Crippen LogP contribution in [0.5, 0.6) is 0 Å². The summed E-state index contributed by atoms with van der Waals surface area (Å²) in [5, 5.41) is 0. The van der Waals surface area contributed by atoms with Crippen LogP contribution in [-0.2, 0) is 0 Å². The summed E-state index contributed by atoms with van der Waals surface area (Å²) in [5.41, 5.74) is 15.1. The first-order valence-corrected chi connectivity index (χ1v) is 4.52. The van der Waals surface area contributed by atoms with Crippen molar-refractivity contribution in [2.75, 3.05) is 0 Å². The van der Waals surface area contributed by atoms with Crippen LogP contribution in [0, 0.1) is 0 Å². The predicted molar refractivity (Wildman–Crippen MR) is 52.5 cm³/mol. The van der Waals surface area contributed by atoms with E-state index in [0.717, 1.165) is 12.1 Å². The summed E-state index contributed by atoms with van der Waals surface area (Å²) in [7, 11) is 0. The van der Waals surface area contributed by atoms with Gasteiger partial charge < -0.3 is 11.5 Å². The zero-order valence-electron chi connectivity index (χ0n) is 7.93. The molecule has 0 aromatic carbocycles. The average molecular weight is 166 g/mol. The highest BCUT2D eigenvalue weighted by atomic mass is 14.7. The molecule has 0 heterocycles. The highest BCUT2D eigenvalue weighted by Crippen LogP contribution is 2.23. The van der Waals surface area contributed by atoms with Crippen molar-refractivity contribution in [1.82, 2.24) is 0 Å². The first kappa shape index (κ1) is 9.33. The van der Waals surface area contributed by atoms with Gasteiger partial charge in [0.05, 0.1) is 0 Å². The summed E-state index contributed by atoms with van der Waals surface area (Å²) in [6.07, 6.45) is 5.69. The first-order valence-electron chi connectivity index (χ1n) is 4.52. The summed E-state index contributed by atoms with van der Waals surface area (Å²) in [5.74, 6) is 0. The largest absolute Gasteiger partial charge is 0.401 e. The summed E-state index contributed by atoms with van der Waals surface area (Å²) < 4.78 is 0. The molecule has 2 heteroatoms. The Kier molecular flexibility index (Phi) is 2.93. The van der Waals surface area contributed by atoms with E-state index in [-0.39, 0.29) is 6.04 Å². The minimum atomic E-state index is -0.0119. The molecule has 0 bridgehead atoms. The van der Waals surface area contributed by atoms with Crippen molar-refractivity contribution < 1.29 is 0 Å². The van der Waals surface area contributed by atoms with Gasteiger partial charge in [-0.15, -0.1) is 0 Å². The summed E-state index contributed by atoms with van der Waals surface area (Å²) in [6, 6.07) is -0.0119. The molecule has 1 aliphatic carbocycles. The fraction of sp³-hybridized carbons (Fsp3) is 0.600. The van der Waals surface area contributed by atoms with Gasteiger partial charge in [-0.3, -0.25) is 0 Å². The van der Waals surface area contributed by atoms with Gasteiger partial charge in [-0.25, -0.2) is 0 Å². The third-order valence-electron chi connectivity index (χ3n) is 2.30. The molecule has 1 aliphatic rings. The van der Waals surface area contributed by atoms with E-state index in [2.05, 4.69) is 13.0 Å². The van der Waals surface area contributed by atoms with E-state index in [4.69, 9.17) is 11.5 Å². The van der Waals surface area contributed by atoms with Gasteiger partial charge in [0, 0.05) is 11.7 Å². The normalized spacial score (nSPS) is 24.8. The number of rotatable bonds is 1. The van der Waals surface area contributed by atoms with Crippen molar-refractivity contribution in [3.05, 3.63) is 22.9 Å². The third-order valence-corrected chi connectivity index (χ3v) is 2.30. The molecule has 0 fully saturated rings. The van der Waals surface area contributed by atoms with Gasteiger partial charge in [-0.1, -0.05) is 11.6 Å². The molecule has 1 unspecified atom stereocenters. The summed E-state index contributed by atoms with van der Waals surface area (Å²) in [6.45, 7) is 4.08. The molecule has 0 aromatic rings. The van der Waals surface area contributed by atoms with Crippen LogP contribution in [0.2, 0.25) is 0 Å². The second-order valence-electron chi connectivity index (χ2n) is 3.61. The van der Waals surface area contributed by atoms with Crippen molar-refractivity contribution in [3.63, 3.8) is 0 Å². The van der Waals surface area contributed by atoms with Crippen LogP contribution < -0.4 is 11.5 Å². The van der Waals surface area contributed by atoms with Gasteiger partial charge in [0.15, 0.2) is 0 Å². The molecule has 12 heavy (non-hydrogen) atoms. The third kappa shape index (κ3) is 2.11. The highest BCUT2D eigenvalue weighted by Gasteiger charge is 2.09.